The van der Waals surface area contributed by atoms with Crippen molar-refractivity contribution in [2.75, 3.05) is 19.5 Å². The molecule has 2 aromatic rings. The number of hydrogen-bond donors (Lipinski definition) is 2. The van der Waals surface area contributed by atoms with Crippen molar-refractivity contribution in [3.63, 3.8) is 0 Å². The lowest BCUT2D eigenvalue weighted by Gasteiger charge is -2.16. The number of carbonyl (C=O) groups is 1. The van der Waals surface area contributed by atoms with Gasteiger partial charge in [0.05, 0.1) is 20.3 Å². The lowest BCUT2D eigenvalue weighted by atomic mass is 10.1. The summed E-state index contributed by atoms with van der Waals surface area (Å²) >= 11 is 5.86. The van der Waals surface area contributed by atoms with Gasteiger partial charge in [-0.3, -0.25) is 0 Å². The molecule has 0 aliphatic heterocycles. The highest BCUT2D eigenvalue weighted by molar-refractivity contribution is 6.30. The maximum Gasteiger partial charge on any atom is 0.319 e. The van der Waals surface area contributed by atoms with E-state index >= 15 is 0 Å². The second-order valence-electron chi connectivity index (χ2n) is 4.94. The molecule has 0 aliphatic carbocycles. The average molecular weight is 335 g/mol. The molecule has 0 bridgehead atoms. The molecule has 2 rings (SSSR count). The SMILES string of the molecule is COc1ccc(NC(=O)NC(C)c2ccc(Cl)cc2)cc1OC. The standard InChI is InChI=1S/C17H19ClN2O3/c1-11(12-4-6-13(18)7-5-12)19-17(21)20-14-8-9-15(22-2)16(10-14)23-3/h4-11H,1-3H3,(H2,19,20,21). The molecule has 0 spiro atoms. The van der Waals surface area contributed by atoms with Crippen molar-refractivity contribution in [1.29, 1.82) is 0 Å². The highest BCUT2D eigenvalue weighted by Crippen LogP contribution is 2.29. The largest absolute Gasteiger partial charge is 0.493 e. The summed E-state index contributed by atoms with van der Waals surface area (Å²) in [6.07, 6.45) is 0. The van der Waals surface area contributed by atoms with Gasteiger partial charge in [0.25, 0.3) is 0 Å². The molecule has 0 aliphatic rings. The van der Waals surface area contributed by atoms with E-state index in [2.05, 4.69) is 10.6 Å². The number of urea groups is 1. The van der Waals surface area contributed by atoms with E-state index in [-0.39, 0.29) is 12.1 Å². The maximum atomic E-state index is 12.1. The zero-order chi connectivity index (χ0) is 16.8. The minimum absolute atomic E-state index is 0.146. The Hall–Kier alpha value is -2.40. The van der Waals surface area contributed by atoms with Crippen molar-refractivity contribution >= 4 is 23.3 Å². The molecule has 0 heterocycles. The summed E-state index contributed by atoms with van der Waals surface area (Å²) in [5.41, 5.74) is 1.58. The van der Waals surface area contributed by atoms with E-state index in [1.54, 1.807) is 44.6 Å². The summed E-state index contributed by atoms with van der Waals surface area (Å²) in [6, 6.07) is 12.1. The second kappa shape index (κ2) is 7.74. The van der Waals surface area contributed by atoms with Gasteiger partial charge in [0.2, 0.25) is 0 Å². The van der Waals surface area contributed by atoms with Crippen LogP contribution < -0.4 is 20.1 Å². The molecule has 1 unspecified atom stereocenters. The molecule has 0 saturated heterocycles. The molecule has 5 nitrogen and oxygen atoms in total. The molecule has 2 N–H and O–H groups in total. The van der Waals surface area contributed by atoms with Crippen molar-refractivity contribution in [3.05, 3.63) is 53.1 Å². The van der Waals surface area contributed by atoms with Crippen LogP contribution >= 0.6 is 11.6 Å². The van der Waals surface area contributed by atoms with Crippen LogP contribution in [0, 0.1) is 0 Å². The van der Waals surface area contributed by atoms with Crippen LogP contribution in [0.3, 0.4) is 0 Å². The predicted octanol–water partition coefficient (Wildman–Crippen LogP) is 4.24. The first-order valence-electron chi connectivity index (χ1n) is 7.08. The van der Waals surface area contributed by atoms with Gasteiger partial charge in [0, 0.05) is 16.8 Å². The normalized spacial score (nSPS) is 11.5. The molecule has 2 aromatic carbocycles. The molecular formula is C17H19ClN2O3. The topological polar surface area (TPSA) is 59.6 Å². The Morgan fingerprint density at radius 3 is 2.30 bits per heavy atom. The van der Waals surface area contributed by atoms with E-state index in [0.717, 1.165) is 5.56 Å². The van der Waals surface area contributed by atoms with E-state index in [1.807, 2.05) is 19.1 Å². The first-order chi connectivity index (χ1) is 11.0. The molecule has 0 saturated carbocycles. The summed E-state index contributed by atoms with van der Waals surface area (Å²) in [7, 11) is 3.11. The van der Waals surface area contributed by atoms with E-state index in [1.165, 1.54) is 0 Å². The van der Waals surface area contributed by atoms with Gasteiger partial charge in [0.15, 0.2) is 11.5 Å². The van der Waals surface area contributed by atoms with Gasteiger partial charge in [-0.2, -0.15) is 0 Å². The number of carbonyl (C=O) groups excluding carboxylic acids is 1. The van der Waals surface area contributed by atoms with E-state index in [9.17, 15) is 4.79 Å². The van der Waals surface area contributed by atoms with Gasteiger partial charge in [-0.1, -0.05) is 23.7 Å². The molecule has 6 heteroatoms. The van der Waals surface area contributed by atoms with Crippen molar-refractivity contribution in [1.82, 2.24) is 5.32 Å². The first-order valence-corrected chi connectivity index (χ1v) is 7.46. The predicted molar refractivity (Wildman–Crippen MR) is 91.6 cm³/mol. The van der Waals surface area contributed by atoms with E-state index in [4.69, 9.17) is 21.1 Å². The minimum Gasteiger partial charge on any atom is -0.493 e. The Morgan fingerprint density at radius 2 is 1.70 bits per heavy atom. The molecule has 1 atom stereocenters. The Bertz CT molecular complexity index is 674. The van der Waals surface area contributed by atoms with Crippen LogP contribution in [0.15, 0.2) is 42.5 Å². The quantitative estimate of drug-likeness (QED) is 0.859. The zero-order valence-corrected chi connectivity index (χ0v) is 14.0. The van der Waals surface area contributed by atoms with Crippen molar-refractivity contribution in [2.24, 2.45) is 0 Å². The molecule has 122 valence electrons. The fraction of sp³-hybridized carbons (Fsp3) is 0.235. The molecule has 23 heavy (non-hydrogen) atoms. The first kappa shape index (κ1) is 17.0. The van der Waals surface area contributed by atoms with Crippen LogP contribution in [0.1, 0.15) is 18.5 Å². The Kier molecular flexibility index (Phi) is 5.71. The van der Waals surface area contributed by atoms with Crippen LogP contribution in [-0.4, -0.2) is 20.3 Å². The molecule has 0 radical (unpaired) electrons. The Morgan fingerprint density at radius 1 is 1.04 bits per heavy atom. The van der Waals surface area contributed by atoms with Gasteiger partial charge < -0.3 is 20.1 Å². The van der Waals surface area contributed by atoms with Crippen LogP contribution in [0.25, 0.3) is 0 Å². The summed E-state index contributed by atoms with van der Waals surface area (Å²) in [6.45, 7) is 1.90. The third-order valence-corrected chi connectivity index (χ3v) is 3.61. The number of methoxy groups -OCH3 is 2. The summed E-state index contributed by atoms with van der Waals surface area (Å²) in [4.78, 5) is 12.1. The van der Waals surface area contributed by atoms with Crippen molar-refractivity contribution in [2.45, 2.75) is 13.0 Å². The number of rotatable bonds is 5. The van der Waals surface area contributed by atoms with Crippen LogP contribution in [0.5, 0.6) is 11.5 Å². The lowest BCUT2D eigenvalue weighted by Crippen LogP contribution is -2.31. The smallest absolute Gasteiger partial charge is 0.319 e. The zero-order valence-electron chi connectivity index (χ0n) is 13.2. The van der Waals surface area contributed by atoms with E-state index < -0.39 is 0 Å². The van der Waals surface area contributed by atoms with Gasteiger partial charge in [0.1, 0.15) is 0 Å². The molecule has 0 fully saturated rings. The number of ether oxygens (including phenoxy) is 2. The molecule has 0 aromatic heterocycles. The average Bonchev–Trinajstić information content (AvgIpc) is 2.55. The Labute approximate surface area is 140 Å². The van der Waals surface area contributed by atoms with Gasteiger partial charge >= 0.3 is 6.03 Å². The second-order valence-corrected chi connectivity index (χ2v) is 5.38. The van der Waals surface area contributed by atoms with E-state index in [0.29, 0.717) is 22.2 Å². The number of benzene rings is 2. The monoisotopic (exact) mass is 334 g/mol. The number of nitrogens with one attached hydrogen (secondary N) is 2. The third-order valence-electron chi connectivity index (χ3n) is 3.36. The number of halogens is 1. The fourth-order valence-corrected chi connectivity index (χ4v) is 2.24. The van der Waals surface area contributed by atoms with Crippen molar-refractivity contribution < 1.29 is 14.3 Å². The molecule has 2 amide bonds. The number of anilines is 1. The summed E-state index contributed by atoms with van der Waals surface area (Å²) < 4.78 is 10.4. The summed E-state index contributed by atoms with van der Waals surface area (Å²) in [5, 5.41) is 6.30. The van der Waals surface area contributed by atoms with Gasteiger partial charge in [-0.25, -0.2) is 4.79 Å². The number of amides is 2. The van der Waals surface area contributed by atoms with Crippen LogP contribution in [0.4, 0.5) is 10.5 Å². The summed E-state index contributed by atoms with van der Waals surface area (Å²) in [5.74, 6) is 1.16. The van der Waals surface area contributed by atoms with Gasteiger partial charge in [-0.15, -0.1) is 0 Å². The van der Waals surface area contributed by atoms with Crippen LogP contribution in [-0.2, 0) is 0 Å². The Balaban J connectivity index is 2.00. The van der Waals surface area contributed by atoms with Gasteiger partial charge in [-0.05, 0) is 36.8 Å². The van der Waals surface area contributed by atoms with Crippen LogP contribution in [0.2, 0.25) is 5.02 Å². The lowest BCUT2D eigenvalue weighted by molar-refractivity contribution is 0.249. The number of hydrogen-bond acceptors (Lipinski definition) is 3. The highest BCUT2D eigenvalue weighted by atomic mass is 35.5. The minimum atomic E-state index is -0.306. The molecular weight excluding hydrogens is 316 g/mol. The highest BCUT2D eigenvalue weighted by Gasteiger charge is 2.11. The maximum absolute atomic E-state index is 12.1. The van der Waals surface area contributed by atoms with Crippen molar-refractivity contribution in [3.8, 4) is 11.5 Å². The third kappa shape index (κ3) is 4.53. The fourth-order valence-electron chi connectivity index (χ4n) is 2.11.